The third kappa shape index (κ3) is 6.58. The van der Waals surface area contributed by atoms with Gasteiger partial charge in [-0.1, -0.05) is 29.8 Å². The van der Waals surface area contributed by atoms with Crippen molar-refractivity contribution in [1.29, 1.82) is 0 Å². The van der Waals surface area contributed by atoms with Crippen LogP contribution in [-0.4, -0.2) is 25.1 Å². The lowest BCUT2D eigenvalue weighted by Crippen LogP contribution is -2.20. The minimum atomic E-state index is -0.370. The SMILES string of the molecule is CC(C)COC(=O)c1ccc(NC(=O)COc2ccc(Br)cc2)cc1. The number of benzene rings is 2. The van der Waals surface area contributed by atoms with E-state index in [1.54, 1.807) is 36.4 Å². The Morgan fingerprint density at radius 2 is 1.68 bits per heavy atom. The first-order valence-electron chi connectivity index (χ1n) is 7.89. The Morgan fingerprint density at radius 3 is 2.28 bits per heavy atom. The largest absolute Gasteiger partial charge is 0.484 e. The first-order chi connectivity index (χ1) is 11.9. The Balaban J connectivity index is 1.82. The molecule has 0 aliphatic heterocycles. The number of anilines is 1. The second-order valence-corrected chi connectivity index (χ2v) is 6.78. The molecule has 6 heteroatoms. The Bertz CT molecular complexity index is 711. The van der Waals surface area contributed by atoms with E-state index in [9.17, 15) is 9.59 Å². The minimum absolute atomic E-state index is 0.0974. The highest BCUT2D eigenvalue weighted by atomic mass is 79.9. The molecule has 0 radical (unpaired) electrons. The molecule has 0 fully saturated rings. The normalized spacial score (nSPS) is 10.4. The Morgan fingerprint density at radius 1 is 1.04 bits per heavy atom. The van der Waals surface area contributed by atoms with Crippen molar-refractivity contribution in [1.82, 2.24) is 0 Å². The maximum atomic E-state index is 11.9. The molecule has 0 atom stereocenters. The monoisotopic (exact) mass is 405 g/mol. The van der Waals surface area contributed by atoms with Crippen LogP contribution in [-0.2, 0) is 9.53 Å². The number of nitrogens with one attached hydrogen (secondary N) is 1. The van der Waals surface area contributed by atoms with Gasteiger partial charge in [0.15, 0.2) is 6.61 Å². The lowest BCUT2D eigenvalue weighted by molar-refractivity contribution is -0.118. The summed E-state index contributed by atoms with van der Waals surface area (Å²) < 4.78 is 11.5. The van der Waals surface area contributed by atoms with Crippen LogP contribution in [0, 0.1) is 5.92 Å². The van der Waals surface area contributed by atoms with E-state index in [0.717, 1.165) is 4.47 Å². The van der Waals surface area contributed by atoms with Crippen LogP contribution in [0.25, 0.3) is 0 Å². The maximum Gasteiger partial charge on any atom is 0.338 e. The molecule has 5 nitrogen and oxygen atoms in total. The van der Waals surface area contributed by atoms with E-state index >= 15 is 0 Å². The quantitative estimate of drug-likeness (QED) is 0.698. The standard InChI is InChI=1S/C19H20BrNO4/c1-13(2)11-25-19(23)14-3-7-16(8-4-14)21-18(22)12-24-17-9-5-15(20)6-10-17/h3-10,13H,11-12H2,1-2H3,(H,21,22). The molecule has 0 aliphatic rings. The number of carbonyl (C=O) groups is 2. The number of ether oxygens (including phenoxy) is 2. The van der Waals surface area contributed by atoms with Crippen LogP contribution in [0.5, 0.6) is 5.75 Å². The number of halogens is 1. The van der Waals surface area contributed by atoms with Crippen molar-refractivity contribution in [3.8, 4) is 5.75 Å². The summed E-state index contributed by atoms with van der Waals surface area (Å²) in [5, 5.41) is 2.71. The number of carbonyl (C=O) groups excluding carboxylic acids is 2. The van der Waals surface area contributed by atoms with Crippen LogP contribution in [0.2, 0.25) is 0 Å². The van der Waals surface area contributed by atoms with E-state index in [1.807, 2.05) is 26.0 Å². The predicted octanol–water partition coefficient (Wildman–Crippen LogP) is 4.28. The Kier molecular flexibility index (Phi) is 7.01. The minimum Gasteiger partial charge on any atom is -0.484 e. The van der Waals surface area contributed by atoms with Crippen LogP contribution in [0.3, 0.4) is 0 Å². The summed E-state index contributed by atoms with van der Waals surface area (Å²) >= 11 is 3.33. The molecule has 132 valence electrons. The van der Waals surface area contributed by atoms with Crippen molar-refractivity contribution in [3.63, 3.8) is 0 Å². The summed E-state index contributed by atoms with van der Waals surface area (Å²) in [5.74, 6) is 0.248. The fourth-order valence-corrected chi connectivity index (χ4v) is 2.16. The van der Waals surface area contributed by atoms with Gasteiger partial charge in [0.25, 0.3) is 5.91 Å². The van der Waals surface area contributed by atoms with Gasteiger partial charge in [0.1, 0.15) is 5.75 Å². The molecule has 0 saturated carbocycles. The van der Waals surface area contributed by atoms with Crippen molar-refractivity contribution in [2.24, 2.45) is 5.92 Å². The number of rotatable bonds is 7. The third-order valence-electron chi connectivity index (χ3n) is 3.14. The summed E-state index contributed by atoms with van der Waals surface area (Å²) in [6.07, 6.45) is 0. The van der Waals surface area contributed by atoms with E-state index < -0.39 is 0 Å². The second-order valence-electron chi connectivity index (χ2n) is 5.86. The fourth-order valence-electron chi connectivity index (χ4n) is 1.89. The molecule has 0 unspecified atom stereocenters. The summed E-state index contributed by atoms with van der Waals surface area (Å²) in [6, 6.07) is 13.8. The third-order valence-corrected chi connectivity index (χ3v) is 3.66. The highest BCUT2D eigenvalue weighted by molar-refractivity contribution is 9.10. The van der Waals surface area contributed by atoms with E-state index in [0.29, 0.717) is 23.6 Å². The van der Waals surface area contributed by atoms with Crippen molar-refractivity contribution in [3.05, 3.63) is 58.6 Å². The van der Waals surface area contributed by atoms with Gasteiger partial charge in [0.2, 0.25) is 0 Å². The van der Waals surface area contributed by atoms with Gasteiger partial charge < -0.3 is 14.8 Å². The molecule has 0 saturated heterocycles. The van der Waals surface area contributed by atoms with Crippen LogP contribution < -0.4 is 10.1 Å². The Hall–Kier alpha value is -2.34. The Labute approximate surface area is 155 Å². The molecule has 2 aromatic carbocycles. The predicted molar refractivity (Wildman–Crippen MR) is 99.8 cm³/mol. The summed E-state index contributed by atoms with van der Waals surface area (Å²) in [7, 11) is 0. The van der Waals surface area contributed by atoms with Crippen molar-refractivity contribution >= 4 is 33.5 Å². The van der Waals surface area contributed by atoms with Crippen LogP contribution in [0.15, 0.2) is 53.0 Å². The van der Waals surface area contributed by atoms with E-state index in [2.05, 4.69) is 21.2 Å². The highest BCUT2D eigenvalue weighted by Gasteiger charge is 2.09. The van der Waals surface area contributed by atoms with E-state index in [4.69, 9.17) is 9.47 Å². The number of amides is 1. The van der Waals surface area contributed by atoms with Crippen molar-refractivity contribution < 1.29 is 19.1 Å². The molecule has 0 heterocycles. The van der Waals surface area contributed by atoms with Crippen molar-refractivity contribution in [2.75, 3.05) is 18.5 Å². The number of esters is 1. The molecule has 2 rings (SSSR count). The van der Waals surface area contributed by atoms with Gasteiger partial charge in [-0.2, -0.15) is 0 Å². The van der Waals surface area contributed by atoms with E-state index in [-0.39, 0.29) is 24.4 Å². The lowest BCUT2D eigenvalue weighted by atomic mass is 10.2. The summed E-state index contributed by atoms with van der Waals surface area (Å²) in [5.41, 5.74) is 1.04. The smallest absolute Gasteiger partial charge is 0.338 e. The summed E-state index contributed by atoms with van der Waals surface area (Å²) in [6.45, 7) is 4.23. The zero-order valence-electron chi connectivity index (χ0n) is 14.1. The second kappa shape index (κ2) is 9.22. The van der Waals surface area contributed by atoms with Gasteiger partial charge in [-0.05, 0) is 54.4 Å². The molecule has 1 N–H and O–H groups in total. The van der Waals surface area contributed by atoms with E-state index in [1.165, 1.54) is 0 Å². The molecule has 0 bridgehead atoms. The average molecular weight is 406 g/mol. The van der Waals surface area contributed by atoms with Gasteiger partial charge in [-0.25, -0.2) is 4.79 Å². The van der Waals surface area contributed by atoms with Gasteiger partial charge in [0, 0.05) is 10.2 Å². The van der Waals surface area contributed by atoms with Crippen LogP contribution in [0.1, 0.15) is 24.2 Å². The first-order valence-corrected chi connectivity index (χ1v) is 8.69. The van der Waals surface area contributed by atoms with Gasteiger partial charge in [-0.15, -0.1) is 0 Å². The van der Waals surface area contributed by atoms with Gasteiger partial charge in [-0.3, -0.25) is 4.79 Å². The molecule has 25 heavy (non-hydrogen) atoms. The molecular formula is C19H20BrNO4. The average Bonchev–Trinajstić information content (AvgIpc) is 2.60. The number of hydrogen-bond donors (Lipinski definition) is 1. The molecule has 0 aromatic heterocycles. The molecule has 0 aliphatic carbocycles. The zero-order chi connectivity index (χ0) is 18.2. The molecule has 1 amide bonds. The van der Waals surface area contributed by atoms with Crippen LogP contribution >= 0.6 is 15.9 Å². The topological polar surface area (TPSA) is 64.6 Å². The summed E-state index contributed by atoms with van der Waals surface area (Å²) in [4.78, 5) is 23.7. The molecular weight excluding hydrogens is 386 g/mol. The fraction of sp³-hybridized carbons (Fsp3) is 0.263. The van der Waals surface area contributed by atoms with Gasteiger partial charge >= 0.3 is 5.97 Å². The number of hydrogen-bond acceptors (Lipinski definition) is 4. The van der Waals surface area contributed by atoms with Gasteiger partial charge in [0.05, 0.1) is 12.2 Å². The lowest BCUT2D eigenvalue weighted by Gasteiger charge is -2.09. The molecule has 0 spiro atoms. The van der Waals surface area contributed by atoms with Crippen LogP contribution in [0.4, 0.5) is 5.69 Å². The zero-order valence-corrected chi connectivity index (χ0v) is 15.7. The van der Waals surface area contributed by atoms with Crippen molar-refractivity contribution in [2.45, 2.75) is 13.8 Å². The highest BCUT2D eigenvalue weighted by Crippen LogP contribution is 2.16. The first kappa shape index (κ1) is 19.0. The maximum absolute atomic E-state index is 11.9. The molecule has 2 aromatic rings.